The van der Waals surface area contributed by atoms with E-state index in [2.05, 4.69) is 22.0 Å². The molecule has 4 rings (SSSR count). The molecule has 0 radical (unpaired) electrons. The van der Waals surface area contributed by atoms with Gasteiger partial charge in [-0.15, -0.1) is 11.8 Å². The smallest absolute Gasteiger partial charge is 0.162 e. The van der Waals surface area contributed by atoms with Crippen LogP contribution in [0.25, 0.3) is 0 Å². The number of nitrogens with two attached hydrogens (primary N) is 1. The Morgan fingerprint density at radius 2 is 1.91 bits per heavy atom. The molecule has 0 bridgehead atoms. The van der Waals surface area contributed by atoms with Crippen LogP contribution in [0, 0.1) is 22.6 Å². The first kappa shape index (κ1) is 22.6. The van der Waals surface area contributed by atoms with Crippen molar-refractivity contribution in [3.63, 3.8) is 0 Å². The van der Waals surface area contributed by atoms with Crippen LogP contribution in [0.15, 0.2) is 74.5 Å². The highest BCUT2D eigenvalue weighted by atomic mass is 79.9. The maximum Gasteiger partial charge on any atom is 0.162 e. The van der Waals surface area contributed by atoms with Crippen LogP contribution < -0.4 is 10.6 Å². The fourth-order valence-electron chi connectivity index (χ4n) is 4.58. The van der Waals surface area contributed by atoms with Crippen molar-refractivity contribution in [2.75, 3.05) is 11.2 Å². The van der Waals surface area contributed by atoms with E-state index in [9.17, 15) is 10.1 Å². The van der Waals surface area contributed by atoms with Crippen LogP contribution in [0.5, 0.6) is 0 Å². The normalized spacial score (nSPS) is 20.3. The monoisotopic (exact) mass is 511 g/mol. The third-order valence-electron chi connectivity index (χ3n) is 5.98. The van der Waals surface area contributed by atoms with Crippen molar-refractivity contribution >= 4 is 39.2 Å². The summed E-state index contributed by atoms with van der Waals surface area (Å²) < 4.78 is 15.6. The number of Topliss-reactive ketones (excluding diaryl/α,β-unsaturated/α-hetero) is 1. The summed E-state index contributed by atoms with van der Waals surface area (Å²) in [6.07, 6.45) is 2.90. The first-order valence-electron chi connectivity index (χ1n) is 10.2. The predicted molar refractivity (Wildman–Crippen MR) is 129 cm³/mol. The van der Waals surface area contributed by atoms with Gasteiger partial charge in [-0.2, -0.15) is 5.26 Å². The van der Waals surface area contributed by atoms with Crippen LogP contribution in [-0.4, -0.2) is 12.0 Å². The highest BCUT2D eigenvalue weighted by molar-refractivity contribution is 9.10. The maximum atomic E-state index is 15.0. The van der Waals surface area contributed by atoms with Gasteiger partial charge in [0.25, 0.3) is 0 Å². The molecular weight excluding hydrogens is 489 g/mol. The molecule has 0 spiro atoms. The van der Waals surface area contributed by atoms with Gasteiger partial charge in [-0.25, -0.2) is 4.39 Å². The summed E-state index contributed by atoms with van der Waals surface area (Å²) in [5.74, 6) is -0.913. The molecule has 32 heavy (non-hydrogen) atoms. The van der Waals surface area contributed by atoms with Crippen LogP contribution in [0.4, 0.5) is 10.1 Å². The molecule has 0 saturated carbocycles. The zero-order valence-electron chi connectivity index (χ0n) is 18.1. The molecule has 2 aliphatic rings. The Kier molecular flexibility index (Phi) is 5.95. The summed E-state index contributed by atoms with van der Waals surface area (Å²) in [7, 11) is 0. The second kappa shape index (κ2) is 8.42. The molecule has 2 aromatic carbocycles. The van der Waals surface area contributed by atoms with E-state index in [0.717, 1.165) is 10.5 Å². The van der Waals surface area contributed by atoms with E-state index in [-0.39, 0.29) is 28.3 Å². The number of rotatable bonds is 3. The van der Waals surface area contributed by atoms with Crippen molar-refractivity contribution in [1.82, 2.24) is 0 Å². The Morgan fingerprint density at radius 1 is 1.22 bits per heavy atom. The van der Waals surface area contributed by atoms with Gasteiger partial charge in [-0.05, 0) is 54.0 Å². The van der Waals surface area contributed by atoms with Crippen molar-refractivity contribution in [2.24, 2.45) is 11.1 Å². The molecule has 0 amide bonds. The average molecular weight is 512 g/mol. The van der Waals surface area contributed by atoms with Crippen molar-refractivity contribution in [1.29, 1.82) is 5.26 Å². The molecular formula is C25H23BrFN3OS. The first-order chi connectivity index (χ1) is 15.2. The number of allylic oxidation sites excluding steroid dienone is 3. The molecule has 1 aliphatic carbocycles. The minimum absolute atomic E-state index is 0.0297. The molecule has 2 aromatic rings. The van der Waals surface area contributed by atoms with Crippen LogP contribution in [0.1, 0.15) is 38.2 Å². The fraction of sp³-hybridized carbons (Fsp3) is 0.280. The van der Waals surface area contributed by atoms with Crippen LogP contribution >= 0.6 is 27.7 Å². The number of hydrogen-bond donors (Lipinski definition) is 1. The Balaban J connectivity index is 1.99. The second-order valence-corrected chi connectivity index (χ2v) is 10.6. The largest absolute Gasteiger partial charge is 0.384 e. The number of carbonyl (C=O) groups is 1. The lowest BCUT2D eigenvalue weighted by Gasteiger charge is -2.43. The standard InChI is InChI=1S/C25H23BrFN3OS/c1-25(2)11-20-23(21(31)12-25)22(14-4-7-16(32-3)8-5-14)17(13-28)24(29)30(20)19-9-6-15(26)10-18(19)27/h4-10,22H,11-12,29H2,1-3H3/t22-/m1/s1. The molecule has 0 saturated heterocycles. The third-order valence-corrected chi connectivity index (χ3v) is 7.22. The summed E-state index contributed by atoms with van der Waals surface area (Å²) in [6, 6.07) is 14.8. The van der Waals surface area contributed by atoms with Gasteiger partial charge in [0.2, 0.25) is 0 Å². The summed E-state index contributed by atoms with van der Waals surface area (Å²) in [5.41, 5.74) is 8.77. The van der Waals surface area contributed by atoms with Gasteiger partial charge in [0.15, 0.2) is 5.78 Å². The molecule has 7 heteroatoms. The highest BCUT2D eigenvalue weighted by Crippen LogP contribution is 2.50. The van der Waals surface area contributed by atoms with Gasteiger partial charge in [0.1, 0.15) is 11.6 Å². The summed E-state index contributed by atoms with van der Waals surface area (Å²) >= 11 is 4.91. The Labute approximate surface area is 200 Å². The van der Waals surface area contributed by atoms with Crippen molar-refractivity contribution in [3.05, 3.63) is 81.0 Å². The number of nitriles is 1. The van der Waals surface area contributed by atoms with E-state index in [1.807, 2.05) is 44.4 Å². The van der Waals surface area contributed by atoms with Crippen molar-refractivity contribution in [2.45, 2.75) is 37.5 Å². The number of carbonyl (C=O) groups excluding carboxylic acids is 1. The molecule has 164 valence electrons. The van der Waals surface area contributed by atoms with Gasteiger partial charge >= 0.3 is 0 Å². The van der Waals surface area contributed by atoms with Gasteiger partial charge in [-0.3, -0.25) is 9.69 Å². The molecule has 4 nitrogen and oxygen atoms in total. The zero-order chi connectivity index (χ0) is 23.2. The van der Waals surface area contributed by atoms with E-state index in [0.29, 0.717) is 28.6 Å². The van der Waals surface area contributed by atoms with E-state index in [1.54, 1.807) is 28.8 Å². The molecule has 1 aliphatic heterocycles. The Bertz CT molecular complexity index is 1210. The maximum absolute atomic E-state index is 15.0. The number of thioether (sulfide) groups is 1. The summed E-state index contributed by atoms with van der Waals surface area (Å²) in [4.78, 5) is 16.1. The number of hydrogen-bond acceptors (Lipinski definition) is 5. The Hall–Kier alpha value is -2.56. The van der Waals surface area contributed by atoms with Crippen molar-refractivity contribution in [3.8, 4) is 6.07 Å². The molecule has 1 atom stereocenters. The van der Waals surface area contributed by atoms with Crippen LogP contribution in [0.3, 0.4) is 0 Å². The molecule has 2 N–H and O–H groups in total. The van der Waals surface area contributed by atoms with E-state index < -0.39 is 11.7 Å². The van der Waals surface area contributed by atoms with Gasteiger partial charge < -0.3 is 5.73 Å². The summed E-state index contributed by atoms with van der Waals surface area (Å²) in [6.45, 7) is 4.04. The fourth-order valence-corrected chi connectivity index (χ4v) is 5.32. The molecule has 1 heterocycles. The third kappa shape index (κ3) is 3.87. The van der Waals surface area contributed by atoms with E-state index in [4.69, 9.17) is 5.73 Å². The summed E-state index contributed by atoms with van der Waals surface area (Å²) in [5, 5.41) is 10.1. The lowest BCUT2D eigenvalue weighted by atomic mass is 9.68. The van der Waals surface area contributed by atoms with Gasteiger partial charge in [0.05, 0.1) is 23.2 Å². The minimum Gasteiger partial charge on any atom is -0.384 e. The van der Waals surface area contributed by atoms with Crippen LogP contribution in [0.2, 0.25) is 0 Å². The average Bonchev–Trinajstić information content (AvgIpc) is 2.73. The number of anilines is 1. The number of ketones is 1. The SMILES string of the molecule is CSc1ccc([C@@H]2C(C#N)=C(N)N(c3ccc(Br)cc3F)C3=C2C(=O)CC(C)(C)C3)cc1. The topological polar surface area (TPSA) is 70.1 Å². The quantitative estimate of drug-likeness (QED) is 0.493. The zero-order valence-corrected chi connectivity index (χ0v) is 20.5. The van der Waals surface area contributed by atoms with Gasteiger partial charge in [-0.1, -0.05) is 41.9 Å². The number of benzene rings is 2. The minimum atomic E-state index is -0.565. The lowest BCUT2D eigenvalue weighted by Crippen LogP contribution is -2.42. The van der Waals surface area contributed by atoms with E-state index >= 15 is 4.39 Å². The second-order valence-electron chi connectivity index (χ2n) is 8.85. The molecule has 0 aromatic heterocycles. The van der Waals surface area contributed by atoms with Crippen LogP contribution in [-0.2, 0) is 4.79 Å². The van der Waals surface area contributed by atoms with E-state index in [1.165, 1.54) is 6.07 Å². The molecule has 0 unspecified atom stereocenters. The number of halogens is 2. The predicted octanol–water partition coefficient (Wildman–Crippen LogP) is 6.25. The lowest BCUT2D eigenvalue weighted by molar-refractivity contribution is -0.118. The number of nitrogens with zero attached hydrogens (tertiary/aromatic N) is 2. The first-order valence-corrected chi connectivity index (χ1v) is 12.2. The Morgan fingerprint density at radius 3 is 2.50 bits per heavy atom. The van der Waals surface area contributed by atoms with Gasteiger partial charge in [0, 0.05) is 27.1 Å². The van der Waals surface area contributed by atoms with Crippen molar-refractivity contribution < 1.29 is 9.18 Å². The molecule has 0 fully saturated rings. The highest BCUT2D eigenvalue weighted by Gasteiger charge is 2.45.